The van der Waals surface area contributed by atoms with Gasteiger partial charge in [-0.05, 0) is 57.9 Å². The maximum absolute atomic E-state index is 11.3. The lowest BCUT2D eigenvalue weighted by molar-refractivity contribution is 0.0652. The smallest absolute Gasteiger partial charge is 0.336 e. The highest BCUT2D eigenvalue weighted by molar-refractivity contribution is 6.11. The molecule has 0 saturated carbocycles. The van der Waals surface area contributed by atoms with Gasteiger partial charge in [-0.1, -0.05) is 0 Å². The third-order valence-electron chi connectivity index (χ3n) is 3.99. The molecule has 8 nitrogen and oxygen atoms in total. The fourth-order valence-electron chi connectivity index (χ4n) is 2.81. The maximum Gasteiger partial charge on any atom is 0.336 e. The zero-order chi connectivity index (χ0) is 19.2. The van der Waals surface area contributed by atoms with Crippen LogP contribution in [0.1, 0.15) is 41.4 Å². The lowest BCUT2D eigenvalue weighted by Gasteiger charge is -2.09. The van der Waals surface area contributed by atoms with Crippen molar-refractivity contribution < 1.29 is 39.6 Å². The minimum absolute atomic E-state index is 0. The lowest BCUT2D eigenvalue weighted by Crippen LogP contribution is -2.08. The van der Waals surface area contributed by atoms with E-state index < -0.39 is 46.1 Å². The maximum atomic E-state index is 11.3. The zero-order valence-electron chi connectivity index (χ0n) is 13.3. The van der Waals surface area contributed by atoms with Gasteiger partial charge >= 0.3 is 23.9 Å². The topological polar surface area (TPSA) is 149 Å². The molecule has 0 unspecified atom stereocenters. The number of halogens is 1. The fourth-order valence-corrected chi connectivity index (χ4v) is 2.81. The van der Waals surface area contributed by atoms with Gasteiger partial charge in [-0.25, -0.2) is 19.2 Å². The molecular formula is C18H11ClO8. The predicted octanol–water partition coefficient (Wildman–Crippen LogP) is 3.21. The van der Waals surface area contributed by atoms with Gasteiger partial charge in [-0.2, -0.15) is 0 Å². The molecule has 0 aliphatic rings. The Bertz CT molecular complexity index is 972. The van der Waals surface area contributed by atoms with E-state index in [9.17, 15) is 39.6 Å². The van der Waals surface area contributed by atoms with Crippen molar-refractivity contribution in [2.24, 2.45) is 0 Å². The van der Waals surface area contributed by atoms with Crippen molar-refractivity contribution >= 4 is 57.8 Å². The second-order valence-corrected chi connectivity index (χ2v) is 5.56. The minimum atomic E-state index is -1.41. The number of aromatic carboxylic acids is 4. The Balaban J connectivity index is 0.00000261. The number of hydrogen-bond acceptors (Lipinski definition) is 4. The molecule has 0 bridgehead atoms. The van der Waals surface area contributed by atoms with E-state index in [1.54, 1.807) is 0 Å². The van der Waals surface area contributed by atoms with Crippen LogP contribution in [0.15, 0.2) is 36.4 Å². The largest absolute Gasteiger partial charge is 0.478 e. The first-order valence-electron chi connectivity index (χ1n) is 7.18. The molecule has 0 spiro atoms. The predicted molar refractivity (Wildman–Crippen MR) is 96.5 cm³/mol. The average molecular weight is 391 g/mol. The summed E-state index contributed by atoms with van der Waals surface area (Å²) in [5, 5.41) is 38.3. The van der Waals surface area contributed by atoms with Crippen LogP contribution in [0, 0.1) is 0 Å². The first-order valence-corrected chi connectivity index (χ1v) is 7.18. The van der Waals surface area contributed by atoms with Gasteiger partial charge in [-0.15, -0.1) is 12.4 Å². The zero-order valence-corrected chi connectivity index (χ0v) is 14.1. The van der Waals surface area contributed by atoms with Gasteiger partial charge < -0.3 is 20.4 Å². The molecule has 0 amide bonds. The van der Waals surface area contributed by atoms with Crippen LogP contribution in [0.5, 0.6) is 0 Å². The molecule has 27 heavy (non-hydrogen) atoms. The van der Waals surface area contributed by atoms with E-state index in [4.69, 9.17) is 0 Å². The highest BCUT2D eigenvalue weighted by Crippen LogP contribution is 2.28. The quantitative estimate of drug-likeness (QED) is 0.496. The van der Waals surface area contributed by atoms with E-state index in [1.807, 2.05) is 0 Å². The molecule has 0 radical (unpaired) electrons. The van der Waals surface area contributed by atoms with E-state index in [-0.39, 0.29) is 12.4 Å². The third-order valence-corrected chi connectivity index (χ3v) is 3.99. The number of carboxylic acid groups (broad SMARTS) is 4. The molecule has 4 N–H and O–H groups in total. The van der Waals surface area contributed by atoms with Crippen molar-refractivity contribution in [2.45, 2.75) is 0 Å². The van der Waals surface area contributed by atoms with Gasteiger partial charge in [0, 0.05) is 0 Å². The van der Waals surface area contributed by atoms with Crippen LogP contribution in [-0.2, 0) is 0 Å². The van der Waals surface area contributed by atoms with Crippen molar-refractivity contribution in [3.8, 4) is 0 Å². The average Bonchev–Trinajstić information content (AvgIpc) is 2.57. The molecule has 0 aliphatic heterocycles. The number of rotatable bonds is 4. The summed E-state index contributed by atoms with van der Waals surface area (Å²) < 4.78 is 0. The normalized spacial score (nSPS) is 10.4. The van der Waals surface area contributed by atoms with Gasteiger partial charge in [0.25, 0.3) is 0 Å². The highest BCUT2D eigenvalue weighted by Gasteiger charge is 2.20. The van der Waals surface area contributed by atoms with Gasteiger partial charge in [0.1, 0.15) is 0 Å². The molecule has 3 aromatic carbocycles. The van der Waals surface area contributed by atoms with Gasteiger partial charge in [0.15, 0.2) is 0 Å². The second kappa shape index (κ2) is 6.93. The van der Waals surface area contributed by atoms with E-state index in [0.29, 0.717) is 21.5 Å². The Morgan fingerprint density at radius 1 is 0.444 bits per heavy atom. The van der Waals surface area contributed by atoms with Crippen molar-refractivity contribution in [2.75, 3.05) is 0 Å². The van der Waals surface area contributed by atoms with E-state index >= 15 is 0 Å². The molecule has 0 atom stereocenters. The van der Waals surface area contributed by atoms with Crippen LogP contribution in [-0.4, -0.2) is 44.3 Å². The molecule has 0 heterocycles. The van der Waals surface area contributed by atoms with Crippen LogP contribution in [0.3, 0.4) is 0 Å². The lowest BCUT2D eigenvalue weighted by atomic mass is 9.95. The van der Waals surface area contributed by atoms with E-state index in [2.05, 4.69) is 0 Å². The van der Waals surface area contributed by atoms with Gasteiger partial charge in [0.2, 0.25) is 0 Å². The molecule has 138 valence electrons. The summed E-state index contributed by atoms with van der Waals surface area (Å²) in [4.78, 5) is 45.2. The van der Waals surface area contributed by atoms with Crippen molar-refractivity contribution in [3.63, 3.8) is 0 Å². The van der Waals surface area contributed by atoms with Crippen LogP contribution >= 0.6 is 12.4 Å². The second-order valence-electron chi connectivity index (χ2n) is 5.56. The molecule has 3 aromatic rings. The Kier molecular flexibility index (Phi) is 5.05. The summed E-state index contributed by atoms with van der Waals surface area (Å²) in [6.45, 7) is 0. The number of carbonyl (C=O) groups is 4. The SMILES string of the molecule is Cl.O=C(O)c1cc2cc3cc(C(=O)O)c(C(=O)O)cc3cc2cc1C(=O)O. The number of benzene rings is 3. The summed E-state index contributed by atoms with van der Waals surface area (Å²) in [6, 6.07) is 7.72. The Hall–Kier alpha value is -3.65. The first kappa shape index (κ1) is 19.7. The molecule has 0 aromatic heterocycles. The molecule has 9 heteroatoms. The molecule has 0 saturated heterocycles. The van der Waals surface area contributed by atoms with Crippen LogP contribution in [0.4, 0.5) is 0 Å². The van der Waals surface area contributed by atoms with Crippen LogP contribution < -0.4 is 0 Å². The van der Waals surface area contributed by atoms with Crippen molar-refractivity contribution in [3.05, 3.63) is 58.7 Å². The van der Waals surface area contributed by atoms with Crippen molar-refractivity contribution in [1.29, 1.82) is 0 Å². The summed E-state index contributed by atoms with van der Waals surface area (Å²) in [6.07, 6.45) is 0. The minimum Gasteiger partial charge on any atom is -0.478 e. The summed E-state index contributed by atoms with van der Waals surface area (Å²) >= 11 is 0. The first-order chi connectivity index (χ1) is 12.2. The molecular weight excluding hydrogens is 380 g/mol. The standard InChI is InChI=1S/C18H10O8.ClH/c19-15(20)11-3-7-1-8-4-12(16(21)22)14(18(25)26)6-10(8)2-9(7)5-13(11)17(23)24;/h1-6H,(H,19,20)(H,21,22)(H,23,24)(H,25,26);1H. The van der Waals surface area contributed by atoms with Gasteiger partial charge in [-0.3, -0.25) is 0 Å². The van der Waals surface area contributed by atoms with E-state index in [0.717, 1.165) is 0 Å². The third kappa shape index (κ3) is 3.38. The Morgan fingerprint density at radius 3 is 0.778 bits per heavy atom. The molecule has 0 aliphatic carbocycles. The van der Waals surface area contributed by atoms with E-state index in [1.165, 1.54) is 36.4 Å². The number of carboxylic acids is 4. The number of fused-ring (bicyclic) bond motifs is 2. The monoisotopic (exact) mass is 390 g/mol. The van der Waals surface area contributed by atoms with Crippen LogP contribution in [0.2, 0.25) is 0 Å². The fraction of sp³-hybridized carbons (Fsp3) is 0. The highest BCUT2D eigenvalue weighted by atomic mass is 35.5. The Morgan fingerprint density at radius 2 is 0.630 bits per heavy atom. The summed E-state index contributed by atoms with van der Waals surface area (Å²) in [5.41, 5.74) is -1.59. The Labute approximate surface area is 156 Å². The molecule has 3 rings (SSSR count). The summed E-state index contributed by atoms with van der Waals surface area (Å²) in [7, 11) is 0. The van der Waals surface area contributed by atoms with Gasteiger partial charge in [0.05, 0.1) is 22.3 Å². The molecule has 0 fully saturated rings. The van der Waals surface area contributed by atoms with Crippen molar-refractivity contribution in [1.82, 2.24) is 0 Å². The summed E-state index contributed by atoms with van der Waals surface area (Å²) in [5.74, 6) is -5.62. The van der Waals surface area contributed by atoms with Crippen LogP contribution in [0.25, 0.3) is 21.5 Å². The number of hydrogen-bond donors (Lipinski definition) is 4.